The summed E-state index contributed by atoms with van der Waals surface area (Å²) >= 11 is 0. The van der Waals surface area contributed by atoms with Crippen LogP contribution < -0.4 is 0 Å². The predicted molar refractivity (Wildman–Crippen MR) is 225 cm³/mol. The Kier molecular flexibility index (Phi) is 8.12. The normalized spacial score (nSPS) is 11.3. The van der Waals surface area contributed by atoms with Gasteiger partial charge in [0, 0.05) is 27.5 Å². The second-order valence-electron chi connectivity index (χ2n) is 13.6. The zero-order valence-electron chi connectivity index (χ0n) is 29.8. The number of benzene rings is 8. The molecule has 0 amide bonds. The number of rotatable bonds is 7. The van der Waals surface area contributed by atoms with E-state index in [2.05, 4.69) is 170 Å². The molecule has 0 aliphatic rings. The van der Waals surface area contributed by atoms with E-state index in [1.807, 2.05) is 30.3 Å². The van der Waals surface area contributed by atoms with Gasteiger partial charge in [-0.1, -0.05) is 182 Å². The molecule has 10 rings (SSSR count). The fourth-order valence-corrected chi connectivity index (χ4v) is 7.34. The Morgan fingerprint density at radius 1 is 0.255 bits per heavy atom. The Labute approximate surface area is 319 Å². The summed E-state index contributed by atoms with van der Waals surface area (Å²) in [6, 6.07) is 69.2. The van der Waals surface area contributed by atoms with Crippen molar-refractivity contribution in [1.82, 2.24) is 15.0 Å². The minimum Gasteiger partial charge on any atom is -0.455 e. The topological polar surface area (TPSA) is 51.8 Å². The van der Waals surface area contributed by atoms with E-state index < -0.39 is 0 Å². The van der Waals surface area contributed by atoms with E-state index in [0.717, 1.165) is 83.1 Å². The van der Waals surface area contributed by atoms with Crippen LogP contribution in [0.4, 0.5) is 0 Å². The molecule has 258 valence electrons. The Bertz CT molecular complexity index is 2820. The maximum absolute atomic E-state index is 6.93. The zero-order chi connectivity index (χ0) is 36.6. The van der Waals surface area contributed by atoms with Crippen LogP contribution in [0.25, 0.3) is 101 Å². The molecule has 8 aromatic carbocycles. The quantitative estimate of drug-likeness (QED) is 0.166. The monoisotopic (exact) mass is 703 g/mol. The van der Waals surface area contributed by atoms with Crippen molar-refractivity contribution >= 4 is 21.9 Å². The molecule has 0 atom stereocenters. The van der Waals surface area contributed by atoms with Crippen molar-refractivity contribution in [2.45, 2.75) is 0 Å². The molecule has 55 heavy (non-hydrogen) atoms. The second-order valence-corrected chi connectivity index (χ2v) is 13.6. The number of furan rings is 1. The molecule has 0 radical (unpaired) electrons. The van der Waals surface area contributed by atoms with E-state index >= 15 is 0 Å². The molecule has 0 N–H and O–H groups in total. The molecule has 10 aromatic rings. The highest BCUT2D eigenvalue weighted by atomic mass is 16.3. The highest BCUT2D eigenvalue weighted by molar-refractivity contribution is 6.14. The average molecular weight is 704 g/mol. The third-order valence-electron chi connectivity index (χ3n) is 10.2. The van der Waals surface area contributed by atoms with Gasteiger partial charge in [0.2, 0.25) is 0 Å². The van der Waals surface area contributed by atoms with Gasteiger partial charge in [-0.25, -0.2) is 15.0 Å². The first-order valence-corrected chi connectivity index (χ1v) is 18.4. The molecular formula is C51H33N3O. The first kappa shape index (κ1) is 32.2. The summed E-state index contributed by atoms with van der Waals surface area (Å²) in [5.74, 6) is 1.74. The predicted octanol–water partition coefficient (Wildman–Crippen LogP) is 13.4. The number of nitrogens with zero attached hydrogens (tertiary/aromatic N) is 3. The molecular weight excluding hydrogens is 671 g/mol. The Balaban J connectivity index is 1.16. The van der Waals surface area contributed by atoms with Gasteiger partial charge >= 0.3 is 0 Å². The fraction of sp³-hybridized carbons (Fsp3) is 0. The largest absolute Gasteiger partial charge is 0.455 e. The average Bonchev–Trinajstić information content (AvgIpc) is 3.66. The maximum Gasteiger partial charge on any atom is 0.167 e. The SMILES string of the molecule is c1ccc(-c2ccc(-c3nc(-c4ccc(-c5ccccc5)cc4)nc(-c4cccc5c4oc4c(-c6ccccc6)cc(-c6ccccc6)cc45)n3)cc2)cc1. The van der Waals surface area contributed by atoms with Gasteiger partial charge in [-0.2, -0.15) is 0 Å². The molecule has 0 unspecified atom stereocenters. The molecule has 2 aromatic heterocycles. The summed E-state index contributed by atoms with van der Waals surface area (Å²) < 4.78 is 6.93. The molecule has 0 fully saturated rings. The van der Waals surface area contributed by atoms with Gasteiger partial charge in [-0.3, -0.25) is 0 Å². The lowest BCUT2D eigenvalue weighted by molar-refractivity contribution is 0.670. The van der Waals surface area contributed by atoms with Crippen LogP contribution in [0.2, 0.25) is 0 Å². The molecule has 4 nitrogen and oxygen atoms in total. The molecule has 0 aliphatic carbocycles. The lowest BCUT2D eigenvalue weighted by atomic mass is 9.95. The molecule has 0 spiro atoms. The van der Waals surface area contributed by atoms with Crippen molar-refractivity contribution in [3.05, 3.63) is 200 Å². The lowest BCUT2D eigenvalue weighted by Gasteiger charge is -2.10. The van der Waals surface area contributed by atoms with Gasteiger partial charge in [0.05, 0.1) is 5.56 Å². The molecule has 0 saturated carbocycles. The number of aromatic nitrogens is 3. The highest BCUT2D eigenvalue weighted by Gasteiger charge is 2.20. The van der Waals surface area contributed by atoms with Crippen LogP contribution >= 0.6 is 0 Å². The van der Waals surface area contributed by atoms with Crippen LogP contribution in [0.1, 0.15) is 0 Å². The van der Waals surface area contributed by atoms with Gasteiger partial charge in [0.15, 0.2) is 17.5 Å². The number of para-hydroxylation sites is 1. The Morgan fingerprint density at radius 2 is 0.655 bits per heavy atom. The fourth-order valence-electron chi connectivity index (χ4n) is 7.34. The minimum atomic E-state index is 0.550. The summed E-state index contributed by atoms with van der Waals surface area (Å²) in [6.45, 7) is 0. The summed E-state index contributed by atoms with van der Waals surface area (Å²) in [7, 11) is 0. The van der Waals surface area contributed by atoms with Crippen molar-refractivity contribution < 1.29 is 4.42 Å². The highest BCUT2D eigenvalue weighted by Crippen LogP contribution is 2.42. The van der Waals surface area contributed by atoms with Crippen molar-refractivity contribution in [3.8, 4) is 78.7 Å². The van der Waals surface area contributed by atoms with E-state index in [9.17, 15) is 0 Å². The van der Waals surface area contributed by atoms with Crippen molar-refractivity contribution in [1.29, 1.82) is 0 Å². The Hall–Kier alpha value is -7.43. The standard InChI is InChI=1S/C51H33N3O/c1-5-14-34(15-6-1)37-24-28-40(29-25-37)49-52-50(41-30-26-38(27-31-41)35-16-7-2-8-17-35)54-51(53-49)44-23-13-22-43-46-33-42(36-18-9-3-10-19-36)32-45(48(46)55-47(43)44)39-20-11-4-12-21-39/h1-33H. The van der Waals surface area contributed by atoms with Crippen molar-refractivity contribution in [2.24, 2.45) is 0 Å². The Morgan fingerprint density at radius 3 is 1.16 bits per heavy atom. The number of fused-ring (bicyclic) bond motifs is 3. The van der Waals surface area contributed by atoms with Gasteiger partial charge in [0.25, 0.3) is 0 Å². The molecule has 2 heterocycles. The van der Waals surface area contributed by atoms with Crippen molar-refractivity contribution in [3.63, 3.8) is 0 Å². The van der Waals surface area contributed by atoms with E-state index in [1.54, 1.807) is 0 Å². The zero-order valence-corrected chi connectivity index (χ0v) is 29.8. The molecule has 0 bridgehead atoms. The smallest absolute Gasteiger partial charge is 0.167 e. The van der Waals surface area contributed by atoms with Crippen LogP contribution in [-0.4, -0.2) is 15.0 Å². The first-order valence-electron chi connectivity index (χ1n) is 18.4. The van der Waals surface area contributed by atoms with Crippen LogP contribution in [0.15, 0.2) is 205 Å². The summed E-state index contributed by atoms with van der Waals surface area (Å²) in [5, 5.41) is 2.05. The summed E-state index contributed by atoms with van der Waals surface area (Å²) in [4.78, 5) is 15.4. The summed E-state index contributed by atoms with van der Waals surface area (Å²) in [6.07, 6.45) is 0. The third kappa shape index (κ3) is 6.16. The van der Waals surface area contributed by atoms with Crippen LogP contribution in [0.3, 0.4) is 0 Å². The van der Waals surface area contributed by atoms with Crippen LogP contribution in [0.5, 0.6) is 0 Å². The number of hydrogen-bond donors (Lipinski definition) is 0. The third-order valence-corrected chi connectivity index (χ3v) is 10.2. The van der Waals surface area contributed by atoms with E-state index in [0.29, 0.717) is 17.5 Å². The van der Waals surface area contributed by atoms with E-state index in [-0.39, 0.29) is 0 Å². The molecule has 0 aliphatic heterocycles. The van der Waals surface area contributed by atoms with Gasteiger partial charge in [0.1, 0.15) is 11.2 Å². The second kappa shape index (κ2) is 13.8. The van der Waals surface area contributed by atoms with Gasteiger partial charge < -0.3 is 4.42 Å². The van der Waals surface area contributed by atoms with Crippen molar-refractivity contribution in [2.75, 3.05) is 0 Å². The minimum absolute atomic E-state index is 0.550. The molecule has 0 saturated heterocycles. The maximum atomic E-state index is 6.93. The molecule has 4 heteroatoms. The van der Waals surface area contributed by atoms with Gasteiger partial charge in [-0.05, 0) is 57.1 Å². The van der Waals surface area contributed by atoms with Crippen LogP contribution in [-0.2, 0) is 0 Å². The first-order chi connectivity index (χ1) is 27.2. The lowest BCUT2D eigenvalue weighted by Crippen LogP contribution is -2.00. The van der Waals surface area contributed by atoms with Crippen LogP contribution in [0, 0.1) is 0 Å². The van der Waals surface area contributed by atoms with E-state index in [1.165, 1.54) is 0 Å². The van der Waals surface area contributed by atoms with Gasteiger partial charge in [-0.15, -0.1) is 0 Å². The summed E-state index contributed by atoms with van der Waals surface area (Å²) in [5.41, 5.74) is 13.2. The van der Waals surface area contributed by atoms with E-state index in [4.69, 9.17) is 19.4 Å². The number of hydrogen-bond acceptors (Lipinski definition) is 4.